The Hall–Kier alpha value is -0.690. The van der Waals surface area contributed by atoms with Crippen LogP contribution in [0.5, 0.6) is 0 Å². The SMILES string of the molecule is CCN(CC1CCCO1)S(=O)(=O)c1ccc(CCl)cc1F. The molecule has 1 fully saturated rings. The van der Waals surface area contributed by atoms with Crippen LogP contribution in [0.1, 0.15) is 25.3 Å². The second kappa shape index (κ2) is 7.05. The molecule has 7 heteroatoms. The fourth-order valence-corrected chi connectivity index (χ4v) is 4.08. The van der Waals surface area contributed by atoms with E-state index in [9.17, 15) is 12.8 Å². The molecular formula is C14H19ClFNO3S. The van der Waals surface area contributed by atoms with Crippen LogP contribution in [-0.2, 0) is 20.6 Å². The lowest BCUT2D eigenvalue weighted by Gasteiger charge is -2.23. The van der Waals surface area contributed by atoms with Crippen molar-refractivity contribution in [3.05, 3.63) is 29.6 Å². The summed E-state index contributed by atoms with van der Waals surface area (Å²) in [4.78, 5) is -0.309. The number of benzene rings is 1. The largest absolute Gasteiger partial charge is 0.377 e. The summed E-state index contributed by atoms with van der Waals surface area (Å²) in [7, 11) is -3.86. The molecule has 0 N–H and O–H groups in total. The Morgan fingerprint density at radius 3 is 2.76 bits per heavy atom. The highest BCUT2D eigenvalue weighted by Crippen LogP contribution is 2.23. The molecule has 0 saturated carbocycles. The monoisotopic (exact) mass is 335 g/mol. The van der Waals surface area contributed by atoms with Gasteiger partial charge in [-0.05, 0) is 30.5 Å². The van der Waals surface area contributed by atoms with E-state index in [1.807, 2.05) is 0 Å². The summed E-state index contributed by atoms with van der Waals surface area (Å²) in [5.74, 6) is -0.621. The first-order valence-corrected chi connectivity index (χ1v) is 8.92. The summed E-state index contributed by atoms with van der Waals surface area (Å²) in [5.41, 5.74) is 0.551. The molecule has 1 atom stereocenters. The molecule has 0 aromatic heterocycles. The molecule has 2 rings (SSSR count). The fourth-order valence-electron chi connectivity index (χ4n) is 2.39. The number of sulfonamides is 1. The van der Waals surface area contributed by atoms with Crippen molar-refractivity contribution in [3.63, 3.8) is 0 Å². The molecule has 1 aliphatic rings. The average Bonchev–Trinajstić information content (AvgIpc) is 2.97. The Morgan fingerprint density at radius 1 is 1.48 bits per heavy atom. The minimum atomic E-state index is -3.86. The van der Waals surface area contributed by atoms with Crippen LogP contribution in [0.3, 0.4) is 0 Å². The standard InChI is InChI=1S/C14H19ClFNO3S/c1-2-17(10-12-4-3-7-20-12)21(18,19)14-6-5-11(9-15)8-13(14)16/h5-6,8,12H,2-4,7,9-10H2,1H3. The Labute approximate surface area is 129 Å². The second-order valence-corrected chi connectivity index (χ2v) is 7.16. The summed E-state index contributed by atoms with van der Waals surface area (Å²) in [6, 6.07) is 3.98. The van der Waals surface area contributed by atoms with Gasteiger partial charge in [-0.25, -0.2) is 12.8 Å². The van der Waals surface area contributed by atoms with Gasteiger partial charge in [-0.1, -0.05) is 13.0 Å². The topological polar surface area (TPSA) is 46.6 Å². The van der Waals surface area contributed by atoms with Gasteiger partial charge < -0.3 is 4.74 Å². The maximum atomic E-state index is 14.0. The van der Waals surface area contributed by atoms with Crippen LogP contribution in [0, 0.1) is 5.82 Å². The third-order valence-electron chi connectivity index (χ3n) is 3.55. The van der Waals surface area contributed by atoms with Crippen molar-refractivity contribution in [1.82, 2.24) is 4.31 Å². The maximum absolute atomic E-state index is 14.0. The van der Waals surface area contributed by atoms with E-state index in [-0.39, 0.29) is 30.0 Å². The number of hydrogen-bond acceptors (Lipinski definition) is 3. The van der Waals surface area contributed by atoms with Gasteiger partial charge in [-0.2, -0.15) is 4.31 Å². The third kappa shape index (κ3) is 3.74. The van der Waals surface area contributed by atoms with Crippen molar-refractivity contribution in [3.8, 4) is 0 Å². The number of rotatable bonds is 6. The Bertz CT molecular complexity index is 588. The fraction of sp³-hybridized carbons (Fsp3) is 0.571. The lowest BCUT2D eigenvalue weighted by atomic mass is 10.2. The predicted octanol–water partition coefficient (Wildman–Crippen LogP) is 2.75. The van der Waals surface area contributed by atoms with Gasteiger partial charge in [0.2, 0.25) is 10.0 Å². The molecule has 0 amide bonds. The quantitative estimate of drug-likeness (QED) is 0.751. The number of halogens is 2. The van der Waals surface area contributed by atoms with E-state index in [1.165, 1.54) is 22.5 Å². The molecule has 0 spiro atoms. The lowest BCUT2D eigenvalue weighted by Crippen LogP contribution is -2.37. The van der Waals surface area contributed by atoms with Gasteiger partial charge in [0.1, 0.15) is 10.7 Å². The summed E-state index contributed by atoms with van der Waals surface area (Å²) < 4.78 is 45.9. The summed E-state index contributed by atoms with van der Waals surface area (Å²) in [6.45, 7) is 2.92. The van der Waals surface area contributed by atoms with Crippen LogP contribution >= 0.6 is 11.6 Å². The third-order valence-corrected chi connectivity index (χ3v) is 5.83. The highest BCUT2D eigenvalue weighted by atomic mass is 35.5. The maximum Gasteiger partial charge on any atom is 0.246 e. The first kappa shape index (κ1) is 16.7. The van der Waals surface area contributed by atoms with E-state index < -0.39 is 15.8 Å². The molecule has 1 aromatic carbocycles. The van der Waals surface area contributed by atoms with Crippen LogP contribution in [0.15, 0.2) is 23.1 Å². The Kier molecular flexibility index (Phi) is 5.60. The molecule has 0 aliphatic carbocycles. The predicted molar refractivity (Wildman–Crippen MR) is 79.4 cm³/mol. The van der Waals surface area contributed by atoms with Crippen molar-refractivity contribution in [2.45, 2.75) is 36.6 Å². The van der Waals surface area contributed by atoms with Gasteiger partial charge >= 0.3 is 0 Å². The van der Waals surface area contributed by atoms with E-state index in [0.717, 1.165) is 12.8 Å². The Balaban J connectivity index is 2.25. The lowest BCUT2D eigenvalue weighted by molar-refractivity contribution is 0.0946. The Morgan fingerprint density at radius 2 is 2.24 bits per heavy atom. The van der Waals surface area contributed by atoms with E-state index in [0.29, 0.717) is 12.2 Å². The smallest absolute Gasteiger partial charge is 0.246 e. The zero-order valence-electron chi connectivity index (χ0n) is 11.9. The molecule has 4 nitrogen and oxygen atoms in total. The highest BCUT2D eigenvalue weighted by Gasteiger charge is 2.30. The van der Waals surface area contributed by atoms with Crippen molar-refractivity contribution in [2.24, 2.45) is 0 Å². The first-order chi connectivity index (χ1) is 9.98. The van der Waals surface area contributed by atoms with E-state index in [2.05, 4.69) is 0 Å². The molecule has 0 radical (unpaired) electrons. The van der Waals surface area contributed by atoms with Crippen molar-refractivity contribution >= 4 is 21.6 Å². The van der Waals surface area contributed by atoms with Gasteiger partial charge in [0.25, 0.3) is 0 Å². The molecule has 1 unspecified atom stereocenters. The minimum absolute atomic E-state index is 0.107. The van der Waals surface area contributed by atoms with Crippen molar-refractivity contribution in [2.75, 3.05) is 19.7 Å². The number of hydrogen-bond donors (Lipinski definition) is 0. The molecule has 1 aromatic rings. The van der Waals surface area contributed by atoms with Gasteiger partial charge in [0, 0.05) is 25.6 Å². The van der Waals surface area contributed by atoms with E-state index in [4.69, 9.17) is 16.3 Å². The molecule has 1 saturated heterocycles. The first-order valence-electron chi connectivity index (χ1n) is 6.95. The average molecular weight is 336 g/mol. The molecule has 1 aliphatic heterocycles. The van der Waals surface area contributed by atoms with E-state index >= 15 is 0 Å². The van der Waals surface area contributed by atoms with Crippen molar-refractivity contribution in [1.29, 1.82) is 0 Å². The molecular weight excluding hydrogens is 317 g/mol. The second-order valence-electron chi connectivity index (χ2n) is 4.99. The van der Waals surface area contributed by atoms with Crippen LogP contribution in [0.2, 0.25) is 0 Å². The minimum Gasteiger partial charge on any atom is -0.377 e. The van der Waals surface area contributed by atoms with Gasteiger partial charge in [0.05, 0.1) is 6.10 Å². The van der Waals surface area contributed by atoms with Crippen LogP contribution in [-0.4, -0.2) is 38.5 Å². The number of ether oxygens (including phenoxy) is 1. The zero-order valence-corrected chi connectivity index (χ0v) is 13.5. The van der Waals surface area contributed by atoms with Gasteiger partial charge in [-0.15, -0.1) is 11.6 Å². The highest BCUT2D eigenvalue weighted by molar-refractivity contribution is 7.89. The van der Waals surface area contributed by atoms with E-state index in [1.54, 1.807) is 6.92 Å². The number of alkyl halides is 1. The molecule has 118 valence electrons. The normalized spacial score (nSPS) is 19.3. The van der Waals surface area contributed by atoms with Gasteiger partial charge in [-0.3, -0.25) is 0 Å². The van der Waals surface area contributed by atoms with Crippen molar-refractivity contribution < 1.29 is 17.5 Å². The van der Waals surface area contributed by atoms with Crippen LogP contribution in [0.4, 0.5) is 4.39 Å². The number of nitrogens with zero attached hydrogens (tertiary/aromatic N) is 1. The van der Waals surface area contributed by atoms with Crippen LogP contribution < -0.4 is 0 Å². The molecule has 0 bridgehead atoms. The van der Waals surface area contributed by atoms with Crippen LogP contribution in [0.25, 0.3) is 0 Å². The molecule has 1 heterocycles. The van der Waals surface area contributed by atoms with Gasteiger partial charge in [0.15, 0.2) is 0 Å². The number of likely N-dealkylation sites (N-methyl/N-ethyl adjacent to an activating group) is 1. The zero-order chi connectivity index (χ0) is 15.5. The molecule has 21 heavy (non-hydrogen) atoms. The summed E-state index contributed by atoms with van der Waals surface area (Å²) in [6.07, 6.45) is 1.66. The summed E-state index contributed by atoms with van der Waals surface area (Å²) in [5, 5.41) is 0. The summed E-state index contributed by atoms with van der Waals surface area (Å²) >= 11 is 5.63.